The standard InChI is InChI=1S/C25H35N5O4.CH2O/c1-7-25(5,6)30-24-27-13(3)19(18-10-15-8-12(2)26-14(4)22(15)34-18)23(29-24)28-17-9-16(11-31)20(32)21(17)33;1-2/h8,10,16-17,20-21,31-33H,7,9,11H2,1-6H3,(H2,27,28,29,30);1H2/t16-,17-,20-,21+;/m1./s1. The summed E-state index contributed by atoms with van der Waals surface area (Å²) < 4.78 is 6.22. The molecule has 0 unspecified atom stereocenters. The normalized spacial score (nSPS) is 21.8. The van der Waals surface area contributed by atoms with Gasteiger partial charge in [0.1, 0.15) is 24.5 Å². The lowest BCUT2D eigenvalue weighted by atomic mass is 10.0. The first-order valence-corrected chi connectivity index (χ1v) is 12.1. The predicted molar refractivity (Wildman–Crippen MR) is 139 cm³/mol. The topological polar surface area (TPSA) is 154 Å². The number of pyridine rings is 1. The summed E-state index contributed by atoms with van der Waals surface area (Å²) in [7, 11) is 0. The zero-order chi connectivity index (χ0) is 26.8. The number of aryl methyl sites for hydroxylation is 3. The van der Waals surface area contributed by atoms with Gasteiger partial charge in [-0.1, -0.05) is 6.92 Å². The monoisotopic (exact) mass is 499 g/mol. The van der Waals surface area contributed by atoms with Crippen LogP contribution in [0.3, 0.4) is 0 Å². The molecule has 10 nitrogen and oxygen atoms in total. The van der Waals surface area contributed by atoms with Crippen LogP contribution in [0.2, 0.25) is 0 Å². The minimum atomic E-state index is -1.03. The van der Waals surface area contributed by atoms with Crippen LogP contribution in [0.5, 0.6) is 0 Å². The maximum Gasteiger partial charge on any atom is 0.225 e. The van der Waals surface area contributed by atoms with E-state index in [0.717, 1.165) is 23.2 Å². The van der Waals surface area contributed by atoms with Crippen molar-refractivity contribution in [3.05, 3.63) is 29.2 Å². The van der Waals surface area contributed by atoms with Gasteiger partial charge in [-0.2, -0.15) is 4.98 Å². The fraction of sp³-hybridized carbons (Fsp3) is 0.538. The largest absolute Gasteiger partial charge is 0.454 e. The van der Waals surface area contributed by atoms with E-state index in [1.165, 1.54) is 0 Å². The van der Waals surface area contributed by atoms with Gasteiger partial charge in [0, 0.05) is 29.1 Å². The van der Waals surface area contributed by atoms with Gasteiger partial charge in [-0.25, -0.2) is 4.98 Å². The first kappa shape index (κ1) is 27.5. The van der Waals surface area contributed by atoms with Crippen LogP contribution >= 0.6 is 0 Å². The number of nitrogens with one attached hydrogen (secondary N) is 2. The summed E-state index contributed by atoms with van der Waals surface area (Å²) in [6.45, 7) is 13.8. The summed E-state index contributed by atoms with van der Waals surface area (Å²) in [5.74, 6) is 1.15. The number of nitrogens with zero attached hydrogens (tertiary/aromatic N) is 3. The van der Waals surface area contributed by atoms with Crippen molar-refractivity contribution in [2.24, 2.45) is 5.92 Å². The highest BCUT2D eigenvalue weighted by atomic mass is 16.3. The molecular formula is C26H37N5O5. The first-order chi connectivity index (χ1) is 17.0. The average molecular weight is 500 g/mol. The number of hydrogen-bond acceptors (Lipinski definition) is 10. The van der Waals surface area contributed by atoms with E-state index in [1.807, 2.05) is 39.7 Å². The Balaban J connectivity index is 0.00000176. The molecule has 0 bridgehead atoms. The molecule has 0 spiro atoms. The fourth-order valence-corrected chi connectivity index (χ4v) is 4.53. The number of fused-ring (bicyclic) bond motifs is 1. The van der Waals surface area contributed by atoms with Crippen LogP contribution < -0.4 is 10.6 Å². The van der Waals surface area contributed by atoms with Crippen LogP contribution in [-0.2, 0) is 4.79 Å². The zero-order valence-electron chi connectivity index (χ0n) is 21.8. The summed E-state index contributed by atoms with van der Waals surface area (Å²) in [5, 5.41) is 38.2. The third-order valence-electron chi connectivity index (χ3n) is 6.83. The van der Waals surface area contributed by atoms with Crippen molar-refractivity contribution in [2.45, 2.75) is 78.2 Å². The van der Waals surface area contributed by atoms with Crippen molar-refractivity contribution in [3.63, 3.8) is 0 Å². The van der Waals surface area contributed by atoms with Crippen molar-refractivity contribution >= 4 is 29.5 Å². The van der Waals surface area contributed by atoms with Crippen molar-refractivity contribution in [2.75, 3.05) is 17.2 Å². The summed E-state index contributed by atoms with van der Waals surface area (Å²) in [4.78, 5) is 22.0. The van der Waals surface area contributed by atoms with Crippen LogP contribution in [0, 0.1) is 26.7 Å². The molecule has 3 heterocycles. The Kier molecular flexibility index (Phi) is 8.33. The molecule has 4 rings (SSSR count). The Morgan fingerprint density at radius 2 is 1.78 bits per heavy atom. The number of anilines is 2. The predicted octanol–water partition coefficient (Wildman–Crippen LogP) is 3.14. The number of aliphatic hydroxyl groups excluding tert-OH is 3. The molecule has 1 aliphatic carbocycles. The van der Waals surface area contributed by atoms with E-state index in [-0.39, 0.29) is 12.1 Å². The molecule has 1 fully saturated rings. The van der Waals surface area contributed by atoms with Gasteiger partial charge < -0.3 is 35.2 Å². The van der Waals surface area contributed by atoms with Crippen LogP contribution in [0.15, 0.2) is 16.5 Å². The molecule has 0 aromatic carbocycles. The third kappa shape index (κ3) is 5.50. The molecule has 5 N–H and O–H groups in total. The summed E-state index contributed by atoms with van der Waals surface area (Å²) in [6, 6.07) is 3.44. The van der Waals surface area contributed by atoms with Crippen molar-refractivity contribution in [1.82, 2.24) is 15.0 Å². The van der Waals surface area contributed by atoms with E-state index >= 15 is 0 Å². The minimum absolute atomic E-state index is 0.196. The SMILES string of the molecule is C=O.CCC(C)(C)Nc1nc(C)c(-c2cc3cc(C)nc(C)c3o2)c(N[C@@H]2C[C@H](CO)[C@@H](O)[C@H]2O)n1. The van der Waals surface area contributed by atoms with E-state index in [4.69, 9.17) is 19.2 Å². The highest BCUT2D eigenvalue weighted by Gasteiger charge is 2.41. The number of aromatic nitrogens is 3. The van der Waals surface area contributed by atoms with Gasteiger partial charge in [0.2, 0.25) is 5.95 Å². The molecule has 0 aliphatic heterocycles. The van der Waals surface area contributed by atoms with Crippen LogP contribution in [-0.4, -0.2) is 67.5 Å². The lowest BCUT2D eigenvalue weighted by Crippen LogP contribution is -2.36. The van der Waals surface area contributed by atoms with Gasteiger partial charge in [-0.3, -0.25) is 4.98 Å². The molecule has 196 valence electrons. The number of aliphatic hydroxyl groups is 3. The first-order valence-electron chi connectivity index (χ1n) is 12.1. The second-order valence-corrected chi connectivity index (χ2v) is 10.0. The van der Waals surface area contributed by atoms with E-state index in [2.05, 4.69) is 36.4 Å². The van der Waals surface area contributed by atoms with Gasteiger partial charge in [0.25, 0.3) is 0 Å². The Morgan fingerprint density at radius 1 is 1.08 bits per heavy atom. The number of hydrogen-bond donors (Lipinski definition) is 5. The molecule has 10 heteroatoms. The average Bonchev–Trinajstić information content (AvgIpc) is 3.36. The molecule has 0 saturated heterocycles. The number of rotatable bonds is 7. The molecule has 1 saturated carbocycles. The third-order valence-corrected chi connectivity index (χ3v) is 6.83. The number of carbonyl (C=O) groups is 1. The second kappa shape index (κ2) is 10.9. The minimum Gasteiger partial charge on any atom is -0.454 e. The van der Waals surface area contributed by atoms with Gasteiger partial charge in [-0.15, -0.1) is 0 Å². The lowest BCUT2D eigenvalue weighted by Gasteiger charge is -2.26. The van der Waals surface area contributed by atoms with Crippen LogP contribution in [0.1, 0.15) is 50.7 Å². The van der Waals surface area contributed by atoms with Gasteiger partial charge in [-0.05, 0) is 59.6 Å². The van der Waals surface area contributed by atoms with Crippen molar-refractivity contribution in [1.29, 1.82) is 0 Å². The molecule has 36 heavy (non-hydrogen) atoms. The summed E-state index contributed by atoms with van der Waals surface area (Å²) >= 11 is 0. The van der Waals surface area contributed by atoms with Crippen LogP contribution in [0.25, 0.3) is 22.3 Å². The smallest absolute Gasteiger partial charge is 0.225 e. The van der Waals surface area contributed by atoms with Gasteiger partial charge in [0.05, 0.1) is 29.1 Å². The van der Waals surface area contributed by atoms with Crippen LogP contribution in [0.4, 0.5) is 11.8 Å². The zero-order valence-corrected chi connectivity index (χ0v) is 21.8. The molecule has 0 radical (unpaired) electrons. The maximum atomic E-state index is 10.6. The van der Waals surface area contributed by atoms with E-state index < -0.39 is 24.2 Å². The van der Waals surface area contributed by atoms with Crippen molar-refractivity contribution < 1.29 is 24.5 Å². The fourth-order valence-electron chi connectivity index (χ4n) is 4.53. The second-order valence-electron chi connectivity index (χ2n) is 10.0. The summed E-state index contributed by atoms with van der Waals surface area (Å²) in [6.07, 6.45) is -0.754. The Labute approximate surface area is 211 Å². The highest BCUT2D eigenvalue weighted by Crippen LogP contribution is 2.38. The number of furan rings is 1. The molecule has 0 amide bonds. The molecule has 1 aliphatic rings. The molecule has 3 aromatic rings. The van der Waals surface area contributed by atoms with Crippen molar-refractivity contribution in [3.8, 4) is 11.3 Å². The van der Waals surface area contributed by atoms with E-state index in [9.17, 15) is 15.3 Å². The number of carbonyl (C=O) groups excluding carboxylic acids is 1. The lowest BCUT2D eigenvalue weighted by molar-refractivity contribution is -0.0980. The molecule has 4 atom stereocenters. The molecule has 3 aromatic heterocycles. The van der Waals surface area contributed by atoms with E-state index in [1.54, 1.807) is 0 Å². The molecular weight excluding hydrogens is 462 g/mol. The highest BCUT2D eigenvalue weighted by molar-refractivity contribution is 5.87. The Bertz CT molecular complexity index is 1210. The Hall–Kier alpha value is -3.08. The summed E-state index contributed by atoms with van der Waals surface area (Å²) in [5.41, 5.74) is 3.59. The van der Waals surface area contributed by atoms with Gasteiger partial charge >= 0.3 is 0 Å². The Morgan fingerprint density at radius 3 is 2.39 bits per heavy atom. The van der Waals surface area contributed by atoms with Gasteiger partial charge in [0.15, 0.2) is 5.58 Å². The van der Waals surface area contributed by atoms with E-state index in [0.29, 0.717) is 40.8 Å². The maximum absolute atomic E-state index is 10.6. The quantitative estimate of drug-likeness (QED) is 0.327.